The average molecular weight is 434 g/mol. The summed E-state index contributed by atoms with van der Waals surface area (Å²) in [7, 11) is -3.80. The van der Waals surface area contributed by atoms with Crippen LogP contribution in [0.25, 0.3) is 0 Å². The Morgan fingerprint density at radius 1 is 1.23 bits per heavy atom. The highest BCUT2D eigenvalue weighted by molar-refractivity contribution is 7.89. The molecule has 2 atom stereocenters. The number of carbonyl (C=O) groups excluding carboxylic acids is 3. The van der Waals surface area contributed by atoms with Crippen LogP contribution >= 0.6 is 0 Å². The number of rotatable bonds is 12. The molecule has 0 bridgehead atoms. The van der Waals surface area contributed by atoms with Gasteiger partial charge in [-0.2, -0.15) is 4.31 Å². The Labute approximate surface area is 179 Å². The topological polar surface area (TPSA) is 88.6 Å². The highest BCUT2D eigenvalue weighted by Gasteiger charge is 2.40. The van der Waals surface area contributed by atoms with Gasteiger partial charge in [-0.3, -0.25) is 14.4 Å². The van der Waals surface area contributed by atoms with Gasteiger partial charge in [0.15, 0.2) is 11.6 Å². The maximum Gasteiger partial charge on any atom is 0.243 e. The van der Waals surface area contributed by atoms with E-state index in [-0.39, 0.29) is 30.1 Å². The highest BCUT2D eigenvalue weighted by Crippen LogP contribution is 2.29. The van der Waals surface area contributed by atoms with Crippen LogP contribution in [-0.4, -0.2) is 42.7 Å². The molecule has 1 saturated heterocycles. The van der Waals surface area contributed by atoms with Crippen LogP contribution in [0.15, 0.2) is 41.8 Å². The van der Waals surface area contributed by atoms with Gasteiger partial charge >= 0.3 is 0 Å². The van der Waals surface area contributed by atoms with Crippen LogP contribution in [-0.2, 0) is 24.4 Å². The minimum Gasteiger partial charge on any atom is -0.298 e. The second kappa shape index (κ2) is 10.8. The van der Waals surface area contributed by atoms with Crippen molar-refractivity contribution in [2.45, 2.75) is 69.7 Å². The molecule has 6 nitrogen and oxygen atoms in total. The molecule has 0 spiro atoms. The summed E-state index contributed by atoms with van der Waals surface area (Å²) in [5.41, 5.74) is 0.949. The number of ketones is 3. The number of allylic oxidation sites excluding steroid dienone is 1. The van der Waals surface area contributed by atoms with Crippen LogP contribution < -0.4 is 0 Å². The lowest BCUT2D eigenvalue weighted by Crippen LogP contribution is -2.41. The van der Waals surface area contributed by atoms with Gasteiger partial charge in [-0.05, 0) is 44.7 Å². The smallest absolute Gasteiger partial charge is 0.243 e. The summed E-state index contributed by atoms with van der Waals surface area (Å²) in [6.07, 6.45) is 4.11. The van der Waals surface area contributed by atoms with Gasteiger partial charge in [0.05, 0.1) is 10.9 Å². The SMILES string of the molecule is C=CCCC(=O)C(=O)C(CCC)CC(=O)[C@@H]1CCCN1S(=O)(=O)c1ccc(C)cc1. The van der Waals surface area contributed by atoms with Crippen molar-refractivity contribution < 1.29 is 22.8 Å². The van der Waals surface area contributed by atoms with Crippen molar-refractivity contribution in [2.24, 2.45) is 5.92 Å². The number of Topliss-reactive ketones (excluding diaryl/α,β-unsaturated/α-hetero) is 3. The van der Waals surface area contributed by atoms with E-state index in [1.54, 1.807) is 30.3 Å². The van der Waals surface area contributed by atoms with Gasteiger partial charge < -0.3 is 0 Å². The number of benzene rings is 1. The predicted octanol–water partition coefficient (Wildman–Crippen LogP) is 3.63. The van der Waals surface area contributed by atoms with Crippen LogP contribution in [0, 0.1) is 12.8 Å². The molecule has 1 aromatic carbocycles. The standard InChI is InChI=1S/C23H31NO5S/c1-4-6-10-21(25)23(27)18(8-5-2)16-22(26)20-9-7-15-24(20)30(28,29)19-13-11-17(3)12-14-19/h4,11-14,18,20H,1,5-10,15-16H2,2-3H3/t18?,20-/m0/s1. The van der Waals surface area contributed by atoms with E-state index in [0.717, 1.165) is 5.56 Å². The van der Waals surface area contributed by atoms with Crippen LogP contribution in [0.1, 0.15) is 57.4 Å². The van der Waals surface area contributed by atoms with Crippen LogP contribution in [0.4, 0.5) is 0 Å². The van der Waals surface area contributed by atoms with Crippen molar-refractivity contribution in [3.63, 3.8) is 0 Å². The number of hydrogen-bond donors (Lipinski definition) is 0. The zero-order valence-corrected chi connectivity index (χ0v) is 18.6. The maximum atomic E-state index is 13.1. The summed E-state index contributed by atoms with van der Waals surface area (Å²) >= 11 is 0. The molecule has 164 valence electrons. The first kappa shape index (κ1) is 24.2. The molecule has 1 unspecified atom stereocenters. The van der Waals surface area contributed by atoms with Crippen LogP contribution in [0.5, 0.6) is 0 Å². The molecule has 1 aliphatic rings. The lowest BCUT2D eigenvalue weighted by molar-refractivity contribution is -0.140. The molecule has 0 N–H and O–H groups in total. The first-order valence-corrected chi connectivity index (χ1v) is 12.0. The Morgan fingerprint density at radius 3 is 2.50 bits per heavy atom. The van der Waals surface area contributed by atoms with E-state index >= 15 is 0 Å². The first-order chi connectivity index (χ1) is 14.2. The van der Waals surface area contributed by atoms with Gasteiger partial charge in [0, 0.05) is 25.3 Å². The average Bonchev–Trinajstić information content (AvgIpc) is 3.22. The third kappa shape index (κ3) is 5.73. The quantitative estimate of drug-likeness (QED) is 0.371. The van der Waals surface area contributed by atoms with E-state index in [9.17, 15) is 22.8 Å². The largest absolute Gasteiger partial charge is 0.298 e. The molecule has 0 aromatic heterocycles. The predicted molar refractivity (Wildman–Crippen MR) is 116 cm³/mol. The molecule has 1 heterocycles. The monoisotopic (exact) mass is 433 g/mol. The van der Waals surface area contributed by atoms with E-state index in [1.807, 2.05) is 13.8 Å². The molecule has 0 radical (unpaired) electrons. The molecule has 1 aliphatic heterocycles. The van der Waals surface area contributed by atoms with Crippen molar-refractivity contribution >= 4 is 27.4 Å². The van der Waals surface area contributed by atoms with E-state index in [0.29, 0.717) is 32.1 Å². The van der Waals surface area contributed by atoms with Crippen molar-refractivity contribution in [1.29, 1.82) is 0 Å². The van der Waals surface area contributed by atoms with Gasteiger partial charge in [0.25, 0.3) is 0 Å². The minimum absolute atomic E-state index is 0.0914. The van der Waals surface area contributed by atoms with Crippen molar-refractivity contribution in [1.82, 2.24) is 4.31 Å². The zero-order valence-electron chi connectivity index (χ0n) is 17.8. The van der Waals surface area contributed by atoms with E-state index < -0.39 is 33.5 Å². The van der Waals surface area contributed by atoms with Gasteiger partial charge in [-0.15, -0.1) is 6.58 Å². The fraction of sp³-hybridized carbons (Fsp3) is 0.522. The second-order valence-electron chi connectivity index (χ2n) is 7.86. The van der Waals surface area contributed by atoms with Gasteiger partial charge in [-0.25, -0.2) is 8.42 Å². The summed E-state index contributed by atoms with van der Waals surface area (Å²) in [5.74, 6) is -1.99. The van der Waals surface area contributed by atoms with Crippen molar-refractivity contribution in [3.05, 3.63) is 42.5 Å². The lowest BCUT2D eigenvalue weighted by Gasteiger charge is -2.24. The minimum atomic E-state index is -3.80. The second-order valence-corrected chi connectivity index (χ2v) is 9.75. The van der Waals surface area contributed by atoms with Crippen molar-refractivity contribution in [2.75, 3.05) is 6.54 Å². The van der Waals surface area contributed by atoms with Crippen LogP contribution in [0.2, 0.25) is 0 Å². The maximum absolute atomic E-state index is 13.1. The lowest BCUT2D eigenvalue weighted by atomic mass is 9.88. The Hall–Kier alpha value is -2.12. The Balaban J connectivity index is 2.16. The number of sulfonamides is 1. The molecule has 0 amide bonds. The fourth-order valence-electron chi connectivity index (χ4n) is 3.83. The van der Waals surface area contributed by atoms with E-state index in [4.69, 9.17) is 0 Å². The Bertz CT molecular complexity index is 889. The molecule has 30 heavy (non-hydrogen) atoms. The number of carbonyl (C=O) groups is 3. The highest BCUT2D eigenvalue weighted by atomic mass is 32.2. The third-order valence-electron chi connectivity index (χ3n) is 5.51. The summed E-state index contributed by atoms with van der Waals surface area (Å²) in [5, 5.41) is 0. The first-order valence-electron chi connectivity index (χ1n) is 10.5. The number of aryl methyl sites for hydroxylation is 1. The fourth-order valence-corrected chi connectivity index (χ4v) is 5.51. The van der Waals surface area contributed by atoms with E-state index in [1.165, 1.54) is 4.31 Å². The molecule has 1 fully saturated rings. The number of hydrogen-bond acceptors (Lipinski definition) is 5. The molecule has 0 saturated carbocycles. The Morgan fingerprint density at radius 2 is 1.90 bits per heavy atom. The van der Waals surface area contributed by atoms with Crippen molar-refractivity contribution in [3.8, 4) is 0 Å². The Kier molecular flexibility index (Phi) is 8.67. The van der Waals surface area contributed by atoms with Gasteiger partial charge in [0.2, 0.25) is 15.8 Å². The molecule has 0 aliphatic carbocycles. The summed E-state index contributed by atoms with van der Waals surface area (Å²) in [6, 6.07) is 5.76. The van der Waals surface area contributed by atoms with Crippen LogP contribution in [0.3, 0.4) is 0 Å². The number of nitrogens with zero attached hydrogens (tertiary/aromatic N) is 1. The normalized spacial score (nSPS) is 18.1. The summed E-state index contributed by atoms with van der Waals surface area (Å²) in [4.78, 5) is 37.9. The summed E-state index contributed by atoms with van der Waals surface area (Å²) in [6.45, 7) is 7.60. The molecule has 7 heteroatoms. The molecule has 1 aromatic rings. The summed E-state index contributed by atoms with van der Waals surface area (Å²) < 4.78 is 27.4. The molecular weight excluding hydrogens is 402 g/mol. The molecule has 2 rings (SSSR count). The third-order valence-corrected chi connectivity index (χ3v) is 7.43. The molecular formula is C23H31NO5S. The zero-order chi connectivity index (χ0) is 22.3. The van der Waals surface area contributed by atoms with E-state index in [2.05, 4.69) is 6.58 Å². The van der Waals surface area contributed by atoms with Gasteiger partial charge in [0.1, 0.15) is 0 Å². The van der Waals surface area contributed by atoms with Gasteiger partial charge in [-0.1, -0.05) is 37.1 Å².